The molecular formula is C3H10N8. The van der Waals surface area contributed by atoms with Crippen molar-refractivity contribution in [3.05, 3.63) is 0 Å². The number of hydrogen-bond donors (Lipinski definition) is 5. The maximum absolute atomic E-state index is 5.14. The monoisotopic (exact) mass is 158 g/mol. The van der Waals surface area contributed by atoms with E-state index in [-0.39, 0.29) is 17.8 Å². The molecule has 1 aromatic rings. The molecule has 0 aliphatic carbocycles. The van der Waals surface area contributed by atoms with Crippen molar-refractivity contribution in [1.29, 1.82) is 0 Å². The summed E-state index contributed by atoms with van der Waals surface area (Å²) in [6.45, 7) is 0. The standard InChI is InChI=1S/C3H6N6.H4N2/c4-1-7-2(5)9-3(6)8-1;1-2/h(H6,4,5,6,7,8,9);1-2H2. The van der Waals surface area contributed by atoms with Gasteiger partial charge in [0.25, 0.3) is 0 Å². The second-order valence-corrected chi connectivity index (χ2v) is 1.41. The molecule has 0 saturated carbocycles. The Bertz CT molecular complexity index is 170. The topological polar surface area (TPSA) is 169 Å². The molecular weight excluding hydrogens is 148 g/mol. The van der Waals surface area contributed by atoms with Gasteiger partial charge in [0.1, 0.15) is 0 Å². The van der Waals surface area contributed by atoms with E-state index in [2.05, 4.69) is 26.6 Å². The van der Waals surface area contributed by atoms with Crippen molar-refractivity contribution in [3.63, 3.8) is 0 Å². The van der Waals surface area contributed by atoms with Crippen molar-refractivity contribution in [3.8, 4) is 0 Å². The Morgan fingerprint density at radius 2 is 0.818 bits per heavy atom. The van der Waals surface area contributed by atoms with Crippen molar-refractivity contribution < 1.29 is 0 Å². The average molecular weight is 158 g/mol. The van der Waals surface area contributed by atoms with E-state index in [1.165, 1.54) is 0 Å². The molecule has 0 saturated heterocycles. The molecule has 0 aliphatic heterocycles. The van der Waals surface area contributed by atoms with E-state index in [1.54, 1.807) is 0 Å². The van der Waals surface area contributed by atoms with Crippen molar-refractivity contribution in [2.75, 3.05) is 17.2 Å². The van der Waals surface area contributed by atoms with E-state index in [4.69, 9.17) is 17.2 Å². The highest BCUT2D eigenvalue weighted by Gasteiger charge is 1.93. The molecule has 0 bridgehead atoms. The summed E-state index contributed by atoms with van der Waals surface area (Å²) in [6, 6.07) is 0. The molecule has 0 aromatic carbocycles. The van der Waals surface area contributed by atoms with Gasteiger partial charge in [0, 0.05) is 0 Å². The summed E-state index contributed by atoms with van der Waals surface area (Å²) in [7, 11) is 0. The zero-order chi connectivity index (χ0) is 8.85. The van der Waals surface area contributed by atoms with Crippen LogP contribution in [0.1, 0.15) is 0 Å². The summed E-state index contributed by atoms with van der Waals surface area (Å²) < 4.78 is 0. The Balaban J connectivity index is 0.000000461. The van der Waals surface area contributed by atoms with Gasteiger partial charge in [-0.25, -0.2) is 0 Å². The highest BCUT2D eigenvalue weighted by atomic mass is 15.2. The SMILES string of the molecule is NN.Nc1nc(N)nc(N)n1. The van der Waals surface area contributed by atoms with E-state index < -0.39 is 0 Å². The van der Waals surface area contributed by atoms with Crippen LogP contribution in [-0.2, 0) is 0 Å². The van der Waals surface area contributed by atoms with E-state index in [1.807, 2.05) is 0 Å². The van der Waals surface area contributed by atoms with Crippen LogP contribution < -0.4 is 28.9 Å². The van der Waals surface area contributed by atoms with E-state index in [0.717, 1.165) is 0 Å². The van der Waals surface area contributed by atoms with Gasteiger partial charge in [-0.15, -0.1) is 0 Å². The molecule has 1 aromatic heterocycles. The molecule has 10 N–H and O–H groups in total. The normalized spacial score (nSPS) is 8.18. The zero-order valence-corrected chi connectivity index (χ0v) is 5.73. The third-order valence-corrected chi connectivity index (χ3v) is 0.687. The molecule has 0 spiro atoms. The third-order valence-electron chi connectivity index (χ3n) is 0.687. The highest BCUT2D eigenvalue weighted by molar-refractivity contribution is 5.33. The minimum absolute atomic E-state index is 0.0417. The number of nitrogen functional groups attached to an aromatic ring is 3. The molecule has 0 unspecified atom stereocenters. The lowest BCUT2D eigenvalue weighted by atomic mass is 10.9. The second kappa shape index (κ2) is 4.19. The second-order valence-electron chi connectivity index (χ2n) is 1.41. The van der Waals surface area contributed by atoms with Gasteiger partial charge in [-0.2, -0.15) is 15.0 Å². The largest absolute Gasteiger partial charge is 0.368 e. The van der Waals surface area contributed by atoms with Crippen LogP contribution in [0.5, 0.6) is 0 Å². The van der Waals surface area contributed by atoms with Crippen LogP contribution in [0, 0.1) is 0 Å². The molecule has 1 rings (SSSR count). The third kappa shape index (κ3) is 3.13. The minimum Gasteiger partial charge on any atom is -0.368 e. The zero-order valence-electron chi connectivity index (χ0n) is 5.73. The molecule has 0 fully saturated rings. The summed E-state index contributed by atoms with van der Waals surface area (Å²) >= 11 is 0. The molecule has 8 nitrogen and oxygen atoms in total. The summed E-state index contributed by atoms with van der Waals surface area (Å²) in [6.07, 6.45) is 0. The Kier molecular flexibility index (Phi) is 3.56. The van der Waals surface area contributed by atoms with Gasteiger partial charge in [-0.05, 0) is 0 Å². The predicted octanol–water partition coefficient (Wildman–Crippen LogP) is -2.56. The van der Waals surface area contributed by atoms with Gasteiger partial charge in [-0.3, -0.25) is 11.7 Å². The van der Waals surface area contributed by atoms with Crippen molar-refractivity contribution in [2.24, 2.45) is 11.7 Å². The van der Waals surface area contributed by atoms with Crippen LogP contribution >= 0.6 is 0 Å². The first-order valence-corrected chi connectivity index (χ1v) is 2.54. The number of hydrogen-bond acceptors (Lipinski definition) is 8. The van der Waals surface area contributed by atoms with E-state index in [0.29, 0.717) is 0 Å². The van der Waals surface area contributed by atoms with Crippen molar-refractivity contribution >= 4 is 17.8 Å². The lowest BCUT2D eigenvalue weighted by molar-refractivity contribution is 1.09. The van der Waals surface area contributed by atoms with E-state index >= 15 is 0 Å². The molecule has 0 radical (unpaired) electrons. The van der Waals surface area contributed by atoms with Gasteiger partial charge >= 0.3 is 0 Å². The molecule has 62 valence electrons. The smallest absolute Gasteiger partial charge is 0.226 e. The molecule has 8 heteroatoms. The van der Waals surface area contributed by atoms with Crippen LogP contribution in [0.3, 0.4) is 0 Å². The average Bonchev–Trinajstić information content (AvgIpc) is 1.88. The fourth-order valence-electron chi connectivity index (χ4n) is 0.427. The number of aromatic nitrogens is 3. The number of nitrogens with two attached hydrogens (primary N) is 5. The highest BCUT2D eigenvalue weighted by Crippen LogP contribution is 1.97. The van der Waals surface area contributed by atoms with Gasteiger partial charge in [0.2, 0.25) is 17.8 Å². The molecule has 0 atom stereocenters. The van der Waals surface area contributed by atoms with E-state index in [9.17, 15) is 0 Å². The van der Waals surface area contributed by atoms with Gasteiger partial charge in [0.15, 0.2) is 0 Å². The summed E-state index contributed by atoms with van der Waals surface area (Å²) in [5, 5.41) is 0. The fourth-order valence-corrected chi connectivity index (χ4v) is 0.427. The molecule has 0 aliphatic rings. The molecule has 0 amide bonds. The minimum atomic E-state index is 0.0417. The lowest BCUT2D eigenvalue weighted by Gasteiger charge is -1.93. The number of rotatable bonds is 0. The van der Waals surface area contributed by atoms with Gasteiger partial charge in [0.05, 0.1) is 0 Å². The summed E-state index contributed by atoms with van der Waals surface area (Å²) in [4.78, 5) is 10.5. The van der Waals surface area contributed by atoms with Gasteiger partial charge in [-0.1, -0.05) is 0 Å². The first-order chi connectivity index (χ1) is 5.18. The van der Waals surface area contributed by atoms with Crippen LogP contribution in [0.2, 0.25) is 0 Å². The molecule has 11 heavy (non-hydrogen) atoms. The predicted molar refractivity (Wildman–Crippen MR) is 41.4 cm³/mol. The van der Waals surface area contributed by atoms with Crippen LogP contribution in [0.15, 0.2) is 0 Å². The van der Waals surface area contributed by atoms with Crippen LogP contribution in [-0.4, -0.2) is 15.0 Å². The summed E-state index contributed by atoms with van der Waals surface area (Å²) in [5.74, 6) is 8.13. The number of anilines is 3. The Morgan fingerprint density at radius 3 is 1.00 bits per heavy atom. The number of nitrogens with zero attached hydrogens (tertiary/aromatic N) is 3. The molecule has 1 heterocycles. The first-order valence-electron chi connectivity index (χ1n) is 2.54. The van der Waals surface area contributed by atoms with Crippen molar-refractivity contribution in [1.82, 2.24) is 15.0 Å². The maximum Gasteiger partial charge on any atom is 0.226 e. The maximum atomic E-state index is 5.14. The Morgan fingerprint density at radius 1 is 0.636 bits per heavy atom. The Labute approximate surface area is 62.8 Å². The fraction of sp³-hybridized carbons (Fsp3) is 0. The first kappa shape index (κ1) is 9.33. The summed E-state index contributed by atoms with van der Waals surface area (Å²) in [5.41, 5.74) is 15.4. The lowest BCUT2D eigenvalue weighted by Crippen LogP contribution is -2.05. The van der Waals surface area contributed by atoms with Gasteiger partial charge < -0.3 is 17.2 Å². The van der Waals surface area contributed by atoms with Crippen LogP contribution in [0.4, 0.5) is 17.8 Å². The Hall–Kier alpha value is -1.67. The van der Waals surface area contributed by atoms with Crippen LogP contribution in [0.25, 0.3) is 0 Å². The quantitative estimate of drug-likeness (QED) is 0.203. The van der Waals surface area contributed by atoms with Crippen molar-refractivity contribution in [2.45, 2.75) is 0 Å². The number of hydrazine groups is 1.